The van der Waals surface area contributed by atoms with Gasteiger partial charge in [-0.15, -0.1) is 0 Å². The number of benzene rings is 2. The predicted molar refractivity (Wildman–Crippen MR) is 82.8 cm³/mol. The number of nitrogens with two attached hydrogens (primary N) is 1. The van der Waals surface area contributed by atoms with Crippen molar-refractivity contribution >= 4 is 26.8 Å². The van der Waals surface area contributed by atoms with E-state index in [4.69, 9.17) is 10.7 Å². The maximum absolute atomic E-state index is 5.85. The molecule has 0 bridgehead atoms. The summed E-state index contributed by atoms with van der Waals surface area (Å²) in [5.74, 6) is 0. The number of para-hydroxylation sites is 1. The van der Waals surface area contributed by atoms with E-state index in [1.807, 2.05) is 30.3 Å². The molecule has 2 nitrogen and oxygen atoms in total. The average molecular weight is 313 g/mol. The maximum Gasteiger partial charge on any atom is 0.0712 e. The highest BCUT2D eigenvalue weighted by atomic mass is 79.9. The zero-order valence-corrected chi connectivity index (χ0v) is 11.9. The Morgan fingerprint density at radius 1 is 1.00 bits per heavy atom. The molecule has 0 atom stereocenters. The van der Waals surface area contributed by atoms with Gasteiger partial charge in [-0.2, -0.15) is 0 Å². The van der Waals surface area contributed by atoms with Crippen LogP contribution in [0.15, 0.2) is 59.1 Å². The summed E-state index contributed by atoms with van der Waals surface area (Å²) in [4.78, 5) is 4.71. The van der Waals surface area contributed by atoms with Crippen LogP contribution in [0.4, 0.5) is 0 Å². The van der Waals surface area contributed by atoms with E-state index in [0.29, 0.717) is 6.54 Å². The van der Waals surface area contributed by atoms with Crippen LogP contribution in [-0.4, -0.2) is 4.98 Å². The Kier molecular flexibility index (Phi) is 3.32. The third-order valence-electron chi connectivity index (χ3n) is 3.16. The van der Waals surface area contributed by atoms with E-state index in [2.05, 4.69) is 40.2 Å². The topological polar surface area (TPSA) is 38.9 Å². The lowest BCUT2D eigenvalue weighted by Gasteiger charge is -2.08. The third kappa shape index (κ3) is 2.39. The van der Waals surface area contributed by atoms with Gasteiger partial charge in [-0.05, 0) is 29.8 Å². The first-order valence-electron chi connectivity index (χ1n) is 6.12. The molecule has 2 aromatic carbocycles. The van der Waals surface area contributed by atoms with E-state index in [0.717, 1.165) is 32.2 Å². The fraction of sp³-hybridized carbons (Fsp3) is 0.0625. The van der Waals surface area contributed by atoms with Gasteiger partial charge in [0.1, 0.15) is 0 Å². The van der Waals surface area contributed by atoms with Crippen molar-refractivity contribution in [3.63, 3.8) is 0 Å². The van der Waals surface area contributed by atoms with Crippen molar-refractivity contribution in [1.82, 2.24) is 4.98 Å². The Labute approximate surface area is 120 Å². The zero-order chi connectivity index (χ0) is 13.2. The van der Waals surface area contributed by atoms with Gasteiger partial charge >= 0.3 is 0 Å². The number of nitrogens with zero attached hydrogens (tertiary/aromatic N) is 1. The Bertz CT molecular complexity index is 720. The van der Waals surface area contributed by atoms with Gasteiger partial charge in [0, 0.05) is 22.0 Å². The Hall–Kier alpha value is -1.71. The maximum atomic E-state index is 5.85. The smallest absolute Gasteiger partial charge is 0.0712 e. The standard InChI is InChI=1S/C16H13BrN2/c17-13-7-5-11(6-8-13)16-9-12(10-18)14-3-1-2-4-15(14)19-16/h1-9H,10,18H2. The second kappa shape index (κ2) is 5.11. The molecule has 0 fully saturated rings. The van der Waals surface area contributed by atoms with Crippen molar-refractivity contribution in [3.8, 4) is 11.3 Å². The third-order valence-corrected chi connectivity index (χ3v) is 3.69. The van der Waals surface area contributed by atoms with Gasteiger partial charge in [0.05, 0.1) is 11.2 Å². The van der Waals surface area contributed by atoms with Crippen molar-refractivity contribution in [1.29, 1.82) is 0 Å². The zero-order valence-electron chi connectivity index (χ0n) is 10.3. The van der Waals surface area contributed by atoms with Crippen LogP contribution < -0.4 is 5.73 Å². The molecule has 0 saturated heterocycles. The fourth-order valence-corrected chi connectivity index (χ4v) is 2.45. The number of hydrogen-bond acceptors (Lipinski definition) is 2. The van der Waals surface area contributed by atoms with Crippen LogP contribution in [0.5, 0.6) is 0 Å². The van der Waals surface area contributed by atoms with Crippen molar-refractivity contribution in [2.45, 2.75) is 6.54 Å². The van der Waals surface area contributed by atoms with Gasteiger partial charge in [-0.25, -0.2) is 4.98 Å². The molecule has 94 valence electrons. The molecule has 0 unspecified atom stereocenters. The molecular formula is C16H13BrN2. The molecule has 2 N–H and O–H groups in total. The first-order chi connectivity index (χ1) is 9.28. The predicted octanol–water partition coefficient (Wildman–Crippen LogP) is 4.12. The Morgan fingerprint density at radius 2 is 1.74 bits per heavy atom. The Balaban J connectivity index is 2.22. The van der Waals surface area contributed by atoms with Crippen LogP contribution in [0.2, 0.25) is 0 Å². The number of pyridine rings is 1. The molecule has 0 radical (unpaired) electrons. The molecule has 0 amide bonds. The van der Waals surface area contributed by atoms with Gasteiger partial charge in [-0.1, -0.05) is 46.3 Å². The molecular weight excluding hydrogens is 300 g/mol. The van der Waals surface area contributed by atoms with Gasteiger partial charge < -0.3 is 5.73 Å². The highest BCUT2D eigenvalue weighted by molar-refractivity contribution is 9.10. The second-order valence-electron chi connectivity index (χ2n) is 4.39. The molecule has 19 heavy (non-hydrogen) atoms. The first-order valence-corrected chi connectivity index (χ1v) is 6.92. The van der Waals surface area contributed by atoms with Gasteiger partial charge in [0.25, 0.3) is 0 Å². The van der Waals surface area contributed by atoms with Crippen LogP contribution >= 0.6 is 15.9 Å². The van der Waals surface area contributed by atoms with Crippen LogP contribution in [-0.2, 0) is 6.54 Å². The minimum Gasteiger partial charge on any atom is -0.326 e. The molecule has 1 heterocycles. The largest absolute Gasteiger partial charge is 0.326 e. The molecule has 0 aliphatic rings. The molecule has 3 aromatic rings. The lowest BCUT2D eigenvalue weighted by Crippen LogP contribution is -1.99. The summed E-state index contributed by atoms with van der Waals surface area (Å²) in [6.07, 6.45) is 0. The van der Waals surface area contributed by atoms with E-state index in [1.54, 1.807) is 0 Å². The van der Waals surface area contributed by atoms with Crippen LogP contribution in [0, 0.1) is 0 Å². The van der Waals surface area contributed by atoms with Crippen LogP contribution in [0.3, 0.4) is 0 Å². The summed E-state index contributed by atoms with van der Waals surface area (Å²) in [5.41, 5.74) is 10.0. The summed E-state index contributed by atoms with van der Waals surface area (Å²) in [6.45, 7) is 0.520. The van der Waals surface area contributed by atoms with E-state index < -0.39 is 0 Å². The molecule has 1 aromatic heterocycles. The second-order valence-corrected chi connectivity index (χ2v) is 5.31. The quantitative estimate of drug-likeness (QED) is 0.773. The highest BCUT2D eigenvalue weighted by Crippen LogP contribution is 2.25. The normalized spacial score (nSPS) is 10.8. The number of hydrogen-bond donors (Lipinski definition) is 1. The van der Waals surface area contributed by atoms with E-state index in [-0.39, 0.29) is 0 Å². The molecule has 3 heteroatoms. The van der Waals surface area contributed by atoms with Crippen molar-refractivity contribution < 1.29 is 0 Å². The van der Waals surface area contributed by atoms with Crippen molar-refractivity contribution in [3.05, 3.63) is 64.6 Å². The molecule has 0 saturated carbocycles. The molecule has 3 rings (SSSR count). The summed E-state index contributed by atoms with van der Waals surface area (Å²) < 4.78 is 1.07. The van der Waals surface area contributed by atoms with Gasteiger partial charge in [-0.3, -0.25) is 0 Å². The van der Waals surface area contributed by atoms with Crippen LogP contribution in [0.1, 0.15) is 5.56 Å². The van der Waals surface area contributed by atoms with E-state index in [9.17, 15) is 0 Å². The SMILES string of the molecule is NCc1cc(-c2ccc(Br)cc2)nc2ccccc12. The van der Waals surface area contributed by atoms with Crippen molar-refractivity contribution in [2.75, 3.05) is 0 Å². The van der Waals surface area contributed by atoms with E-state index >= 15 is 0 Å². The molecule has 0 spiro atoms. The van der Waals surface area contributed by atoms with Crippen molar-refractivity contribution in [2.24, 2.45) is 5.73 Å². The summed E-state index contributed by atoms with van der Waals surface area (Å²) >= 11 is 3.45. The lowest BCUT2D eigenvalue weighted by molar-refractivity contribution is 1.08. The number of fused-ring (bicyclic) bond motifs is 1. The Morgan fingerprint density at radius 3 is 2.47 bits per heavy atom. The lowest BCUT2D eigenvalue weighted by atomic mass is 10.0. The summed E-state index contributed by atoms with van der Waals surface area (Å²) in [6, 6.07) is 18.3. The highest BCUT2D eigenvalue weighted by Gasteiger charge is 2.06. The molecule has 0 aliphatic carbocycles. The van der Waals surface area contributed by atoms with E-state index in [1.165, 1.54) is 0 Å². The van der Waals surface area contributed by atoms with Crippen LogP contribution in [0.25, 0.3) is 22.2 Å². The van der Waals surface area contributed by atoms with Gasteiger partial charge in [0.2, 0.25) is 0 Å². The summed E-state index contributed by atoms with van der Waals surface area (Å²) in [7, 11) is 0. The number of halogens is 1. The van der Waals surface area contributed by atoms with Gasteiger partial charge in [0.15, 0.2) is 0 Å². The fourth-order valence-electron chi connectivity index (χ4n) is 2.18. The summed E-state index contributed by atoms with van der Waals surface area (Å²) in [5, 5.41) is 1.13. The molecule has 0 aliphatic heterocycles. The monoisotopic (exact) mass is 312 g/mol. The minimum absolute atomic E-state index is 0.520. The minimum atomic E-state index is 0.520. The number of aromatic nitrogens is 1. The first kappa shape index (κ1) is 12.3. The average Bonchev–Trinajstić information content (AvgIpc) is 2.47. The number of rotatable bonds is 2.